The van der Waals surface area contributed by atoms with Gasteiger partial charge in [0.2, 0.25) is 11.8 Å². The molecular formula is C20H28N4O4. The van der Waals surface area contributed by atoms with Crippen LogP contribution in [0.15, 0.2) is 24.3 Å². The topological polar surface area (TPSA) is 87.0 Å². The zero-order valence-corrected chi connectivity index (χ0v) is 16.5. The molecule has 2 heterocycles. The number of amides is 2. The Bertz CT molecular complexity index is 735. The van der Waals surface area contributed by atoms with Crippen molar-refractivity contribution in [2.45, 2.75) is 26.7 Å². The van der Waals surface area contributed by atoms with Crippen LogP contribution in [-0.2, 0) is 9.59 Å². The molecule has 8 nitrogen and oxygen atoms in total. The first-order valence-electron chi connectivity index (χ1n) is 9.94. The molecule has 0 saturated carbocycles. The SMILES string of the molecule is CC(C)C(=O)N1CCC(C(=O)N2CCN(c3ccccc3[N+](=O)[O-])CC2)CC1. The molecule has 2 fully saturated rings. The smallest absolute Gasteiger partial charge is 0.292 e. The van der Waals surface area contributed by atoms with Gasteiger partial charge in [0.05, 0.1) is 4.92 Å². The Morgan fingerprint density at radius 3 is 2.18 bits per heavy atom. The van der Waals surface area contributed by atoms with Crippen LogP contribution in [0.5, 0.6) is 0 Å². The lowest BCUT2D eigenvalue weighted by Crippen LogP contribution is -2.52. The van der Waals surface area contributed by atoms with Gasteiger partial charge in [-0.05, 0) is 18.9 Å². The number of likely N-dealkylation sites (tertiary alicyclic amines) is 1. The van der Waals surface area contributed by atoms with Gasteiger partial charge in [0.25, 0.3) is 5.69 Å². The number of nitro benzene ring substituents is 1. The number of nitro groups is 1. The first-order valence-corrected chi connectivity index (χ1v) is 9.94. The lowest BCUT2D eigenvalue weighted by atomic mass is 9.94. The lowest BCUT2D eigenvalue weighted by Gasteiger charge is -2.39. The number of para-hydroxylation sites is 2. The van der Waals surface area contributed by atoms with Crippen molar-refractivity contribution in [3.05, 3.63) is 34.4 Å². The van der Waals surface area contributed by atoms with E-state index >= 15 is 0 Å². The van der Waals surface area contributed by atoms with Crippen molar-refractivity contribution in [2.75, 3.05) is 44.2 Å². The molecule has 3 rings (SSSR count). The predicted octanol–water partition coefficient (Wildman–Crippen LogP) is 2.14. The Labute approximate surface area is 165 Å². The summed E-state index contributed by atoms with van der Waals surface area (Å²) < 4.78 is 0. The van der Waals surface area contributed by atoms with Gasteiger partial charge in [-0.25, -0.2) is 0 Å². The number of rotatable bonds is 4. The number of piperidine rings is 1. The van der Waals surface area contributed by atoms with Crippen LogP contribution in [0.1, 0.15) is 26.7 Å². The Morgan fingerprint density at radius 1 is 1.00 bits per heavy atom. The van der Waals surface area contributed by atoms with Gasteiger partial charge in [-0.15, -0.1) is 0 Å². The highest BCUT2D eigenvalue weighted by atomic mass is 16.6. The first-order chi connectivity index (χ1) is 13.4. The number of anilines is 1. The summed E-state index contributed by atoms with van der Waals surface area (Å²) in [5.41, 5.74) is 0.713. The third-order valence-electron chi connectivity index (χ3n) is 5.66. The number of hydrogen-bond donors (Lipinski definition) is 0. The van der Waals surface area contributed by atoms with E-state index < -0.39 is 0 Å². The summed E-state index contributed by atoms with van der Waals surface area (Å²) in [6.45, 7) is 7.38. The fourth-order valence-electron chi connectivity index (χ4n) is 4.02. The molecule has 0 spiro atoms. The van der Waals surface area contributed by atoms with Crippen LogP contribution in [0, 0.1) is 22.0 Å². The van der Waals surface area contributed by atoms with Crippen LogP contribution in [-0.4, -0.2) is 65.8 Å². The van der Waals surface area contributed by atoms with Gasteiger partial charge in [0, 0.05) is 57.2 Å². The van der Waals surface area contributed by atoms with Gasteiger partial charge in [-0.1, -0.05) is 26.0 Å². The molecule has 2 aliphatic rings. The van der Waals surface area contributed by atoms with E-state index in [1.165, 1.54) is 6.07 Å². The van der Waals surface area contributed by atoms with Crippen LogP contribution < -0.4 is 4.90 Å². The average molecular weight is 388 g/mol. The van der Waals surface area contributed by atoms with Gasteiger partial charge < -0.3 is 14.7 Å². The van der Waals surface area contributed by atoms with E-state index in [9.17, 15) is 19.7 Å². The van der Waals surface area contributed by atoms with Crippen molar-refractivity contribution in [1.82, 2.24) is 9.80 Å². The second-order valence-electron chi connectivity index (χ2n) is 7.81. The molecule has 8 heteroatoms. The quantitative estimate of drug-likeness (QED) is 0.583. The number of benzene rings is 1. The summed E-state index contributed by atoms with van der Waals surface area (Å²) in [7, 11) is 0. The molecule has 1 aromatic carbocycles. The molecule has 2 amide bonds. The van der Waals surface area contributed by atoms with Crippen molar-refractivity contribution in [3.63, 3.8) is 0 Å². The summed E-state index contributed by atoms with van der Waals surface area (Å²) in [4.78, 5) is 41.6. The second kappa shape index (κ2) is 8.58. The summed E-state index contributed by atoms with van der Waals surface area (Å²) in [6, 6.07) is 6.74. The third-order valence-corrected chi connectivity index (χ3v) is 5.66. The predicted molar refractivity (Wildman–Crippen MR) is 106 cm³/mol. The van der Waals surface area contributed by atoms with E-state index in [2.05, 4.69) is 0 Å². The third kappa shape index (κ3) is 4.26. The lowest BCUT2D eigenvalue weighted by molar-refractivity contribution is -0.384. The molecule has 152 valence electrons. The van der Waals surface area contributed by atoms with E-state index in [1.807, 2.05) is 28.5 Å². The van der Waals surface area contributed by atoms with E-state index in [0.29, 0.717) is 57.8 Å². The Balaban J connectivity index is 1.54. The summed E-state index contributed by atoms with van der Waals surface area (Å²) >= 11 is 0. The van der Waals surface area contributed by atoms with Crippen LogP contribution in [0.4, 0.5) is 11.4 Å². The zero-order valence-electron chi connectivity index (χ0n) is 16.5. The molecule has 0 radical (unpaired) electrons. The van der Waals surface area contributed by atoms with E-state index in [4.69, 9.17) is 0 Å². The summed E-state index contributed by atoms with van der Waals surface area (Å²) in [5.74, 6) is 0.263. The van der Waals surface area contributed by atoms with Crippen molar-refractivity contribution >= 4 is 23.2 Å². The molecule has 0 aliphatic carbocycles. The van der Waals surface area contributed by atoms with Crippen LogP contribution in [0.25, 0.3) is 0 Å². The van der Waals surface area contributed by atoms with Crippen LogP contribution in [0.3, 0.4) is 0 Å². The molecule has 0 bridgehead atoms. The second-order valence-corrected chi connectivity index (χ2v) is 7.81. The monoisotopic (exact) mass is 388 g/mol. The van der Waals surface area contributed by atoms with Gasteiger partial charge in [-0.3, -0.25) is 19.7 Å². The maximum Gasteiger partial charge on any atom is 0.292 e. The number of carbonyl (C=O) groups is 2. The molecule has 0 N–H and O–H groups in total. The fraction of sp³-hybridized carbons (Fsp3) is 0.600. The highest BCUT2D eigenvalue weighted by Gasteiger charge is 2.32. The number of carbonyl (C=O) groups excluding carboxylic acids is 2. The van der Waals surface area contributed by atoms with E-state index in [-0.39, 0.29) is 34.3 Å². The van der Waals surface area contributed by atoms with Gasteiger partial charge in [0.15, 0.2) is 0 Å². The minimum absolute atomic E-state index is 0.0117. The van der Waals surface area contributed by atoms with Crippen LogP contribution in [0.2, 0.25) is 0 Å². The van der Waals surface area contributed by atoms with Gasteiger partial charge in [0.1, 0.15) is 5.69 Å². The normalized spacial score (nSPS) is 18.5. The van der Waals surface area contributed by atoms with Gasteiger partial charge >= 0.3 is 0 Å². The highest BCUT2D eigenvalue weighted by molar-refractivity contribution is 5.81. The maximum absolute atomic E-state index is 12.9. The summed E-state index contributed by atoms with van der Waals surface area (Å²) in [6.07, 6.45) is 1.42. The zero-order chi connectivity index (χ0) is 20.3. The molecule has 0 atom stereocenters. The maximum atomic E-state index is 12.9. The van der Waals surface area contributed by atoms with Gasteiger partial charge in [-0.2, -0.15) is 0 Å². The minimum atomic E-state index is -0.362. The molecule has 2 aliphatic heterocycles. The Kier molecular flexibility index (Phi) is 6.16. The first kappa shape index (κ1) is 20.1. The van der Waals surface area contributed by atoms with Crippen molar-refractivity contribution in [3.8, 4) is 0 Å². The Morgan fingerprint density at radius 2 is 1.61 bits per heavy atom. The van der Waals surface area contributed by atoms with Crippen LogP contribution >= 0.6 is 0 Å². The molecule has 1 aromatic rings. The van der Waals surface area contributed by atoms with E-state index in [0.717, 1.165) is 0 Å². The number of piperazine rings is 1. The largest absolute Gasteiger partial charge is 0.362 e. The molecule has 0 unspecified atom stereocenters. The van der Waals surface area contributed by atoms with Crippen molar-refractivity contribution in [1.29, 1.82) is 0 Å². The number of nitrogens with zero attached hydrogens (tertiary/aromatic N) is 4. The van der Waals surface area contributed by atoms with Crippen molar-refractivity contribution < 1.29 is 14.5 Å². The minimum Gasteiger partial charge on any atom is -0.362 e. The summed E-state index contributed by atoms with van der Waals surface area (Å²) in [5, 5.41) is 11.2. The fourth-order valence-corrected chi connectivity index (χ4v) is 4.02. The van der Waals surface area contributed by atoms with E-state index in [1.54, 1.807) is 18.2 Å². The van der Waals surface area contributed by atoms with Crippen molar-refractivity contribution in [2.24, 2.45) is 11.8 Å². The highest BCUT2D eigenvalue weighted by Crippen LogP contribution is 2.29. The molecular weight excluding hydrogens is 360 g/mol. The standard InChI is InChI=1S/C20H28N4O4/c1-15(2)19(25)22-9-7-16(8-10-22)20(26)23-13-11-21(12-14-23)17-5-3-4-6-18(17)24(27)28/h3-6,15-16H,7-14H2,1-2H3. The molecule has 28 heavy (non-hydrogen) atoms. The Hall–Kier alpha value is -2.64. The number of hydrogen-bond acceptors (Lipinski definition) is 5. The molecule has 0 aromatic heterocycles. The molecule has 2 saturated heterocycles. The average Bonchev–Trinajstić information content (AvgIpc) is 2.73.